The molecular weight excluding hydrogens is 577 g/mol. The van der Waals surface area contributed by atoms with E-state index >= 15 is 0 Å². The van der Waals surface area contributed by atoms with Crippen LogP contribution in [0.25, 0.3) is 0 Å². The van der Waals surface area contributed by atoms with Gasteiger partial charge in [0.25, 0.3) is 0 Å². The van der Waals surface area contributed by atoms with Gasteiger partial charge in [0.1, 0.15) is 47.1 Å². The summed E-state index contributed by atoms with van der Waals surface area (Å²) >= 11 is 1.57. The second-order valence-corrected chi connectivity index (χ2v) is 9.38. The van der Waals surface area contributed by atoms with Gasteiger partial charge in [-0.1, -0.05) is 49.4 Å². The SMILES string of the molecule is CCN(CCCc1ccccc1)CCCc1ccc(O[C@@H]2O[C@H](C(=O)OC)[C@@H](O)[C@H](OI)[C@H]2O)cc1. The van der Waals surface area contributed by atoms with Crippen molar-refractivity contribution < 1.29 is 32.3 Å². The van der Waals surface area contributed by atoms with Crippen LogP contribution in [0.3, 0.4) is 0 Å². The quantitative estimate of drug-likeness (QED) is 0.263. The van der Waals surface area contributed by atoms with Crippen molar-refractivity contribution in [3.8, 4) is 5.75 Å². The summed E-state index contributed by atoms with van der Waals surface area (Å²) in [7, 11) is 1.20. The van der Waals surface area contributed by atoms with Crippen LogP contribution in [-0.4, -0.2) is 78.5 Å². The van der Waals surface area contributed by atoms with Gasteiger partial charge in [-0.05, 0) is 68.6 Å². The number of halogens is 1. The lowest BCUT2D eigenvalue weighted by molar-refractivity contribution is -0.263. The number of aryl methyl sites for hydroxylation is 2. The van der Waals surface area contributed by atoms with Gasteiger partial charge >= 0.3 is 5.97 Å². The van der Waals surface area contributed by atoms with Gasteiger partial charge < -0.3 is 32.4 Å². The summed E-state index contributed by atoms with van der Waals surface area (Å²) in [5.41, 5.74) is 2.57. The molecule has 2 N–H and O–H groups in total. The Labute approximate surface area is 227 Å². The Bertz CT molecular complexity index is 914. The third-order valence-electron chi connectivity index (χ3n) is 6.42. The Hall–Kier alpha value is -1.76. The van der Waals surface area contributed by atoms with E-state index in [9.17, 15) is 15.0 Å². The normalized spacial score (nSPS) is 24.0. The molecular formula is C27H36INO7. The molecule has 0 aliphatic carbocycles. The second-order valence-electron chi connectivity index (χ2n) is 8.87. The average molecular weight is 613 g/mol. The van der Waals surface area contributed by atoms with Gasteiger partial charge in [0.05, 0.1) is 7.11 Å². The lowest BCUT2D eigenvalue weighted by atomic mass is 9.99. The first-order valence-corrected chi connectivity index (χ1v) is 13.2. The van der Waals surface area contributed by atoms with Crippen molar-refractivity contribution in [3.63, 3.8) is 0 Å². The first-order valence-electron chi connectivity index (χ1n) is 12.4. The molecule has 2 aromatic carbocycles. The second kappa shape index (κ2) is 14.8. The predicted octanol–water partition coefficient (Wildman–Crippen LogP) is 3.31. The zero-order chi connectivity index (χ0) is 25.9. The topological polar surface area (TPSA) is 97.7 Å². The molecule has 0 spiro atoms. The van der Waals surface area contributed by atoms with Crippen molar-refractivity contribution in [1.82, 2.24) is 4.90 Å². The van der Waals surface area contributed by atoms with E-state index in [-0.39, 0.29) is 0 Å². The standard InChI is InChI=1S/C27H36INO7/c1-3-29(17-7-11-19-9-5-4-6-10-19)18-8-12-20-13-15-21(16-14-20)34-27-23(31)24(36-28)22(30)25(35-27)26(32)33-2/h4-6,9-10,13-16,22-25,27,30-31H,3,7-8,11-12,17-18H2,1-2H3/t22-,23+,24-,25-,27+/m0/s1. The number of aliphatic hydroxyl groups is 2. The van der Waals surface area contributed by atoms with E-state index in [0.717, 1.165) is 45.3 Å². The number of rotatable bonds is 13. The Morgan fingerprint density at radius 1 is 0.972 bits per heavy atom. The van der Waals surface area contributed by atoms with E-state index in [1.54, 1.807) is 35.1 Å². The molecule has 1 aliphatic rings. The van der Waals surface area contributed by atoms with Crippen LogP contribution in [0, 0.1) is 0 Å². The summed E-state index contributed by atoms with van der Waals surface area (Å²) in [5.74, 6) is -0.288. The fourth-order valence-corrected chi connectivity index (χ4v) is 4.91. The Balaban J connectivity index is 1.46. The molecule has 2 aromatic rings. The molecule has 9 heteroatoms. The zero-order valence-electron chi connectivity index (χ0n) is 20.8. The molecule has 1 heterocycles. The maximum Gasteiger partial charge on any atom is 0.337 e. The fourth-order valence-electron chi connectivity index (χ4n) is 4.30. The van der Waals surface area contributed by atoms with Crippen LogP contribution in [0.4, 0.5) is 0 Å². The van der Waals surface area contributed by atoms with Crippen LogP contribution in [0.5, 0.6) is 5.75 Å². The van der Waals surface area contributed by atoms with E-state index in [2.05, 4.69) is 46.9 Å². The summed E-state index contributed by atoms with van der Waals surface area (Å²) in [5, 5.41) is 20.8. The van der Waals surface area contributed by atoms with E-state index < -0.39 is 36.7 Å². The fraction of sp³-hybridized carbons (Fsp3) is 0.519. The number of carbonyl (C=O) groups excluding carboxylic acids is 1. The number of hydrogen-bond donors (Lipinski definition) is 2. The maximum atomic E-state index is 12.0. The first kappa shape index (κ1) is 28.8. The molecule has 1 aliphatic heterocycles. The highest BCUT2D eigenvalue weighted by molar-refractivity contribution is 14.1. The molecule has 0 bridgehead atoms. The number of methoxy groups -OCH3 is 1. The minimum atomic E-state index is -1.38. The summed E-state index contributed by atoms with van der Waals surface area (Å²) in [6.07, 6.45) is -2.02. The molecule has 3 rings (SSSR count). The average Bonchev–Trinajstić information content (AvgIpc) is 2.90. The lowest BCUT2D eigenvalue weighted by Crippen LogP contribution is -2.61. The molecule has 5 atom stereocenters. The summed E-state index contributed by atoms with van der Waals surface area (Å²) in [4.78, 5) is 14.5. The first-order chi connectivity index (χ1) is 17.5. The number of hydrogen-bond acceptors (Lipinski definition) is 8. The smallest absolute Gasteiger partial charge is 0.337 e. The van der Waals surface area contributed by atoms with Crippen molar-refractivity contribution in [2.75, 3.05) is 26.7 Å². The van der Waals surface area contributed by atoms with Crippen LogP contribution in [0.2, 0.25) is 0 Å². The summed E-state index contributed by atoms with van der Waals surface area (Å²) in [6.45, 7) is 5.37. The number of aliphatic hydroxyl groups excluding tert-OH is 2. The minimum absolute atomic E-state index is 0.478. The van der Waals surface area contributed by atoms with Gasteiger partial charge in [0.15, 0.2) is 6.10 Å². The molecule has 198 valence electrons. The van der Waals surface area contributed by atoms with Crippen LogP contribution in [-0.2, 0) is 30.2 Å². The highest BCUT2D eigenvalue weighted by Gasteiger charge is 2.50. The van der Waals surface area contributed by atoms with Crippen LogP contribution >= 0.6 is 23.0 Å². The minimum Gasteiger partial charge on any atom is -0.467 e. The molecule has 0 unspecified atom stereocenters. The number of ether oxygens (including phenoxy) is 3. The van der Waals surface area contributed by atoms with Crippen molar-refractivity contribution in [3.05, 3.63) is 65.7 Å². The molecule has 0 radical (unpaired) electrons. The molecule has 8 nitrogen and oxygen atoms in total. The zero-order valence-corrected chi connectivity index (χ0v) is 23.0. The van der Waals surface area contributed by atoms with Gasteiger partial charge in [-0.2, -0.15) is 0 Å². The van der Waals surface area contributed by atoms with E-state index in [1.165, 1.54) is 18.2 Å². The number of carbonyl (C=O) groups is 1. The van der Waals surface area contributed by atoms with Crippen molar-refractivity contribution in [1.29, 1.82) is 0 Å². The third kappa shape index (κ3) is 8.12. The molecule has 0 saturated carbocycles. The van der Waals surface area contributed by atoms with Crippen LogP contribution < -0.4 is 4.74 Å². The highest BCUT2D eigenvalue weighted by Crippen LogP contribution is 2.28. The number of esters is 1. The summed E-state index contributed by atoms with van der Waals surface area (Å²) < 4.78 is 21.1. The largest absolute Gasteiger partial charge is 0.467 e. The molecule has 0 aromatic heterocycles. The molecule has 1 saturated heterocycles. The van der Waals surface area contributed by atoms with Crippen LogP contribution in [0.15, 0.2) is 54.6 Å². The van der Waals surface area contributed by atoms with Crippen molar-refractivity contribution in [2.45, 2.75) is 63.3 Å². The Morgan fingerprint density at radius 3 is 2.14 bits per heavy atom. The van der Waals surface area contributed by atoms with Crippen molar-refractivity contribution >= 4 is 29.0 Å². The van der Waals surface area contributed by atoms with Gasteiger partial charge in [-0.25, -0.2) is 4.79 Å². The van der Waals surface area contributed by atoms with Gasteiger partial charge in [0, 0.05) is 0 Å². The number of benzene rings is 2. The highest BCUT2D eigenvalue weighted by atomic mass is 127. The van der Waals surface area contributed by atoms with Gasteiger partial charge in [-0.15, -0.1) is 0 Å². The van der Waals surface area contributed by atoms with E-state index in [1.807, 2.05) is 12.1 Å². The third-order valence-corrected chi connectivity index (χ3v) is 7.01. The summed E-state index contributed by atoms with van der Waals surface area (Å²) in [6, 6.07) is 18.2. The monoisotopic (exact) mass is 613 g/mol. The van der Waals surface area contributed by atoms with Crippen LogP contribution in [0.1, 0.15) is 30.9 Å². The van der Waals surface area contributed by atoms with Gasteiger partial charge in [0.2, 0.25) is 6.29 Å². The maximum absolute atomic E-state index is 12.0. The predicted molar refractivity (Wildman–Crippen MR) is 144 cm³/mol. The van der Waals surface area contributed by atoms with Crippen molar-refractivity contribution in [2.24, 2.45) is 0 Å². The Kier molecular flexibility index (Phi) is 11.9. The van der Waals surface area contributed by atoms with E-state index in [0.29, 0.717) is 5.75 Å². The van der Waals surface area contributed by atoms with Gasteiger partial charge in [-0.3, -0.25) is 0 Å². The molecule has 0 amide bonds. The Morgan fingerprint density at radius 2 is 1.58 bits per heavy atom. The number of nitrogens with zero attached hydrogens (tertiary/aromatic N) is 1. The molecule has 36 heavy (non-hydrogen) atoms. The van der Waals surface area contributed by atoms with E-state index in [4.69, 9.17) is 12.5 Å². The molecule has 1 fully saturated rings. The lowest BCUT2D eigenvalue weighted by Gasteiger charge is -2.39.